The highest BCUT2D eigenvalue weighted by Gasteiger charge is 1.97. The van der Waals surface area contributed by atoms with E-state index in [1.807, 2.05) is 11.8 Å². The van der Waals surface area contributed by atoms with Gasteiger partial charge >= 0.3 is 0 Å². The Morgan fingerprint density at radius 2 is 0.970 bits per heavy atom. The number of aliphatic imine (C=N–C) groups is 1. The molecule has 0 aliphatic rings. The second-order valence-corrected chi connectivity index (χ2v) is 11.0. The molecule has 0 aromatic heterocycles. The van der Waals surface area contributed by atoms with Crippen LogP contribution < -0.4 is 0 Å². The maximum absolute atomic E-state index is 4.64. The van der Waals surface area contributed by atoms with Crippen LogP contribution in [0.3, 0.4) is 0 Å². The van der Waals surface area contributed by atoms with Crippen molar-refractivity contribution < 1.29 is 0 Å². The van der Waals surface area contributed by atoms with E-state index in [9.17, 15) is 0 Å². The van der Waals surface area contributed by atoms with Gasteiger partial charge < -0.3 is 0 Å². The van der Waals surface area contributed by atoms with Crippen LogP contribution in [0, 0.1) is 0 Å². The van der Waals surface area contributed by atoms with E-state index in [0.29, 0.717) is 0 Å². The predicted molar refractivity (Wildman–Crippen MR) is 153 cm³/mol. The summed E-state index contributed by atoms with van der Waals surface area (Å²) in [6.07, 6.45) is 30.1. The van der Waals surface area contributed by atoms with E-state index < -0.39 is 0 Å². The third-order valence-corrected chi connectivity index (χ3v) is 7.63. The van der Waals surface area contributed by atoms with Crippen LogP contribution in [0.1, 0.15) is 148 Å². The van der Waals surface area contributed by atoms with Crippen molar-refractivity contribution in [1.29, 1.82) is 0 Å². The molecule has 0 heterocycles. The van der Waals surface area contributed by atoms with Gasteiger partial charge in [-0.3, -0.25) is 4.99 Å². The molecule has 0 spiro atoms. The quantitative estimate of drug-likeness (QED) is 0.0825. The smallest absolute Gasteiger partial charge is 0.0389 e. The molecule has 0 aliphatic heterocycles. The number of benzene rings is 1. The molecule has 1 aromatic carbocycles. The number of nitrogens with zero attached hydrogens (tertiary/aromatic N) is 1. The maximum atomic E-state index is 4.64. The van der Waals surface area contributed by atoms with Crippen LogP contribution in [0.15, 0.2) is 34.2 Å². The monoisotopic (exact) mass is 473 g/mol. The van der Waals surface area contributed by atoms with Gasteiger partial charge in [0.2, 0.25) is 0 Å². The summed E-state index contributed by atoms with van der Waals surface area (Å²) in [5, 5.41) is 0. The molecular weight excluding hydrogens is 418 g/mol. The first-order chi connectivity index (χ1) is 16.4. The van der Waals surface area contributed by atoms with Crippen LogP contribution in [-0.2, 0) is 0 Å². The van der Waals surface area contributed by atoms with Crippen molar-refractivity contribution in [2.24, 2.45) is 4.99 Å². The molecule has 1 nitrogen and oxygen atoms in total. The largest absolute Gasteiger partial charge is 0.293 e. The van der Waals surface area contributed by atoms with Crippen LogP contribution in [0.4, 0.5) is 0 Å². The van der Waals surface area contributed by atoms with Gasteiger partial charge in [0.15, 0.2) is 0 Å². The van der Waals surface area contributed by atoms with Crippen molar-refractivity contribution >= 4 is 18.0 Å². The van der Waals surface area contributed by atoms with Crippen molar-refractivity contribution in [3.8, 4) is 0 Å². The molecule has 2 heteroatoms. The highest BCUT2D eigenvalue weighted by molar-refractivity contribution is 7.99. The Hall–Kier alpha value is -0.760. The summed E-state index contributed by atoms with van der Waals surface area (Å²) in [6.45, 7) is 5.56. The molecule has 0 N–H and O–H groups in total. The van der Waals surface area contributed by atoms with Gasteiger partial charge in [-0.05, 0) is 36.3 Å². The fraction of sp³-hybridized carbons (Fsp3) is 0.774. The van der Waals surface area contributed by atoms with Gasteiger partial charge in [0.05, 0.1) is 0 Å². The molecule has 0 saturated heterocycles. The fourth-order valence-electron chi connectivity index (χ4n) is 4.29. The lowest BCUT2D eigenvalue weighted by molar-refractivity contribution is 0.558. The lowest BCUT2D eigenvalue weighted by atomic mass is 10.1. The molecule has 1 rings (SSSR count). The Labute approximate surface area is 212 Å². The summed E-state index contributed by atoms with van der Waals surface area (Å²) >= 11 is 2.01. The zero-order valence-corrected chi connectivity index (χ0v) is 23.1. The summed E-state index contributed by atoms with van der Waals surface area (Å²) in [4.78, 5) is 6.04. The van der Waals surface area contributed by atoms with Crippen molar-refractivity contribution in [2.45, 2.75) is 147 Å². The van der Waals surface area contributed by atoms with E-state index in [1.165, 1.54) is 145 Å². The predicted octanol–water partition coefficient (Wildman–Crippen LogP) is 11.0. The Balaban J connectivity index is 1.93. The van der Waals surface area contributed by atoms with Crippen molar-refractivity contribution in [2.75, 3.05) is 12.3 Å². The lowest BCUT2D eigenvalue weighted by Gasteiger charge is -2.04. The molecule has 0 unspecified atom stereocenters. The SMILES string of the molecule is CCCCCCCCCCCCN=Cc1ccc(SCCCCCCCCCCCC)cc1. The van der Waals surface area contributed by atoms with Crippen molar-refractivity contribution in [1.82, 2.24) is 0 Å². The molecule has 33 heavy (non-hydrogen) atoms. The van der Waals surface area contributed by atoms with E-state index in [2.05, 4.69) is 49.3 Å². The minimum atomic E-state index is 0.978. The second kappa shape index (κ2) is 24.4. The van der Waals surface area contributed by atoms with Crippen molar-refractivity contribution in [3.63, 3.8) is 0 Å². The highest BCUT2D eigenvalue weighted by atomic mass is 32.2. The summed E-state index contributed by atoms with van der Waals surface area (Å²) in [7, 11) is 0. The molecule has 0 fully saturated rings. The third-order valence-electron chi connectivity index (χ3n) is 6.53. The van der Waals surface area contributed by atoms with Gasteiger partial charge in [0.1, 0.15) is 0 Å². The van der Waals surface area contributed by atoms with E-state index >= 15 is 0 Å². The van der Waals surface area contributed by atoms with Crippen LogP contribution in [0.2, 0.25) is 0 Å². The Morgan fingerprint density at radius 3 is 1.45 bits per heavy atom. The lowest BCUT2D eigenvalue weighted by Crippen LogP contribution is -1.87. The first-order valence-electron chi connectivity index (χ1n) is 14.6. The highest BCUT2D eigenvalue weighted by Crippen LogP contribution is 2.20. The van der Waals surface area contributed by atoms with Crippen LogP contribution in [-0.4, -0.2) is 18.5 Å². The maximum Gasteiger partial charge on any atom is 0.0389 e. The molecule has 0 atom stereocenters. The molecule has 1 aromatic rings. The first-order valence-corrected chi connectivity index (χ1v) is 15.6. The van der Waals surface area contributed by atoms with Crippen LogP contribution in [0.25, 0.3) is 0 Å². The summed E-state index contributed by atoms with van der Waals surface area (Å²) in [5.41, 5.74) is 1.24. The number of thioether (sulfide) groups is 1. The fourth-order valence-corrected chi connectivity index (χ4v) is 5.20. The van der Waals surface area contributed by atoms with E-state index in [1.54, 1.807) is 0 Å². The topological polar surface area (TPSA) is 12.4 Å². The van der Waals surface area contributed by atoms with Gasteiger partial charge in [-0.15, -0.1) is 11.8 Å². The Morgan fingerprint density at radius 1 is 0.545 bits per heavy atom. The number of hydrogen-bond donors (Lipinski definition) is 0. The second-order valence-electron chi connectivity index (χ2n) is 9.82. The minimum absolute atomic E-state index is 0.978. The first kappa shape index (κ1) is 30.3. The van der Waals surface area contributed by atoms with Gasteiger partial charge in [0.25, 0.3) is 0 Å². The molecule has 0 saturated carbocycles. The van der Waals surface area contributed by atoms with Crippen LogP contribution >= 0.6 is 11.8 Å². The molecule has 0 bridgehead atoms. The van der Waals surface area contributed by atoms with Crippen molar-refractivity contribution in [3.05, 3.63) is 29.8 Å². The van der Waals surface area contributed by atoms with E-state index in [-0.39, 0.29) is 0 Å². The van der Waals surface area contributed by atoms with E-state index in [0.717, 1.165) is 6.54 Å². The minimum Gasteiger partial charge on any atom is -0.293 e. The van der Waals surface area contributed by atoms with Gasteiger partial charge in [-0.25, -0.2) is 0 Å². The van der Waals surface area contributed by atoms with Crippen LogP contribution in [0.5, 0.6) is 0 Å². The van der Waals surface area contributed by atoms with Gasteiger partial charge in [0, 0.05) is 17.7 Å². The number of hydrogen-bond acceptors (Lipinski definition) is 2. The zero-order valence-electron chi connectivity index (χ0n) is 22.3. The molecule has 0 amide bonds. The standard InChI is InChI=1S/C31H55NS/c1-3-5-7-9-11-13-15-17-19-21-27-32-29-30-23-25-31(26-24-30)33-28-22-20-18-16-14-12-10-8-6-4-2/h23-26,29H,3-22,27-28H2,1-2H3. The normalized spacial score (nSPS) is 11.6. The summed E-state index contributed by atoms with van der Waals surface area (Å²) in [5.74, 6) is 1.25. The summed E-state index contributed by atoms with van der Waals surface area (Å²) in [6, 6.07) is 8.98. The average Bonchev–Trinajstić information content (AvgIpc) is 2.84. The molecule has 0 radical (unpaired) electrons. The summed E-state index contributed by atoms with van der Waals surface area (Å²) < 4.78 is 0. The Bertz CT molecular complexity index is 536. The number of unbranched alkanes of at least 4 members (excludes halogenated alkanes) is 18. The molecular formula is C31H55NS. The van der Waals surface area contributed by atoms with Gasteiger partial charge in [-0.2, -0.15) is 0 Å². The number of rotatable bonds is 24. The Kier molecular flexibility index (Phi) is 22.4. The molecule has 190 valence electrons. The zero-order chi connectivity index (χ0) is 23.7. The van der Waals surface area contributed by atoms with Gasteiger partial charge in [-0.1, -0.05) is 142 Å². The average molecular weight is 474 g/mol. The third kappa shape index (κ3) is 20.3. The molecule has 0 aliphatic carbocycles. The van der Waals surface area contributed by atoms with E-state index in [4.69, 9.17) is 0 Å².